The van der Waals surface area contributed by atoms with Crippen molar-refractivity contribution in [3.63, 3.8) is 0 Å². The average Bonchev–Trinajstić information content (AvgIpc) is 2.72. The summed E-state index contributed by atoms with van der Waals surface area (Å²) < 4.78 is 4.85. The van der Waals surface area contributed by atoms with E-state index in [1.165, 1.54) is 0 Å². The first-order valence-electron chi connectivity index (χ1n) is 5.09. The standard InChI is InChI=1S/C11H11N5O/c1-7-3-9(5-12)4-10(14-7)13-6-11-15-8(2)17-16-11/h3-4H,6H2,1-2H3,(H,13,14). The molecule has 0 aromatic carbocycles. The van der Waals surface area contributed by atoms with Gasteiger partial charge in [0.1, 0.15) is 5.82 Å². The highest BCUT2D eigenvalue weighted by atomic mass is 16.5. The van der Waals surface area contributed by atoms with Gasteiger partial charge in [0.25, 0.3) is 0 Å². The Balaban J connectivity index is 2.09. The van der Waals surface area contributed by atoms with Crippen molar-refractivity contribution in [1.29, 1.82) is 5.26 Å². The molecule has 0 atom stereocenters. The fraction of sp³-hybridized carbons (Fsp3) is 0.273. The average molecular weight is 229 g/mol. The van der Waals surface area contributed by atoms with Gasteiger partial charge in [0, 0.05) is 12.6 Å². The van der Waals surface area contributed by atoms with Gasteiger partial charge in [-0.3, -0.25) is 0 Å². The SMILES string of the molecule is Cc1cc(C#N)cc(NCc2noc(C)n2)n1. The van der Waals surface area contributed by atoms with Crippen molar-refractivity contribution in [2.75, 3.05) is 5.32 Å². The number of hydrogen-bond acceptors (Lipinski definition) is 6. The maximum absolute atomic E-state index is 8.83. The molecule has 2 rings (SSSR count). The molecule has 6 heteroatoms. The van der Waals surface area contributed by atoms with Crippen molar-refractivity contribution in [3.05, 3.63) is 35.1 Å². The third kappa shape index (κ3) is 2.78. The summed E-state index contributed by atoms with van der Waals surface area (Å²) in [4.78, 5) is 8.31. The first-order chi connectivity index (χ1) is 8.17. The largest absolute Gasteiger partial charge is 0.363 e. The summed E-state index contributed by atoms with van der Waals surface area (Å²) in [6.07, 6.45) is 0. The van der Waals surface area contributed by atoms with Crippen LogP contribution in [0.3, 0.4) is 0 Å². The first kappa shape index (κ1) is 11.1. The lowest BCUT2D eigenvalue weighted by atomic mass is 10.2. The van der Waals surface area contributed by atoms with Gasteiger partial charge in [-0.1, -0.05) is 5.16 Å². The lowest BCUT2D eigenvalue weighted by molar-refractivity contribution is 0.388. The minimum atomic E-state index is 0.415. The van der Waals surface area contributed by atoms with Gasteiger partial charge in [-0.2, -0.15) is 10.2 Å². The van der Waals surface area contributed by atoms with Gasteiger partial charge in [0.15, 0.2) is 5.82 Å². The molecular weight excluding hydrogens is 218 g/mol. The monoisotopic (exact) mass is 229 g/mol. The Morgan fingerprint density at radius 3 is 2.82 bits per heavy atom. The maximum atomic E-state index is 8.83. The number of pyridine rings is 1. The quantitative estimate of drug-likeness (QED) is 0.859. The van der Waals surface area contributed by atoms with Crippen LogP contribution in [0.1, 0.15) is 23.0 Å². The van der Waals surface area contributed by atoms with Gasteiger partial charge in [-0.05, 0) is 19.1 Å². The molecular formula is C11H11N5O. The van der Waals surface area contributed by atoms with Crippen molar-refractivity contribution < 1.29 is 4.52 Å². The molecule has 0 saturated heterocycles. The molecule has 6 nitrogen and oxygen atoms in total. The minimum absolute atomic E-state index is 0.415. The van der Waals surface area contributed by atoms with Crippen LogP contribution < -0.4 is 5.32 Å². The van der Waals surface area contributed by atoms with Crippen LogP contribution in [-0.4, -0.2) is 15.1 Å². The van der Waals surface area contributed by atoms with Crippen LogP contribution in [0.4, 0.5) is 5.82 Å². The van der Waals surface area contributed by atoms with Crippen molar-refractivity contribution in [1.82, 2.24) is 15.1 Å². The molecule has 0 radical (unpaired) electrons. The molecule has 0 amide bonds. The Hall–Kier alpha value is -2.42. The van der Waals surface area contributed by atoms with E-state index in [1.54, 1.807) is 19.1 Å². The van der Waals surface area contributed by atoms with Gasteiger partial charge < -0.3 is 9.84 Å². The molecule has 2 aromatic heterocycles. The van der Waals surface area contributed by atoms with Gasteiger partial charge in [-0.25, -0.2) is 4.98 Å². The lowest BCUT2D eigenvalue weighted by Crippen LogP contribution is -2.04. The van der Waals surface area contributed by atoms with E-state index < -0.39 is 0 Å². The highest BCUT2D eigenvalue weighted by Gasteiger charge is 2.03. The molecule has 1 N–H and O–H groups in total. The van der Waals surface area contributed by atoms with Crippen molar-refractivity contribution in [2.45, 2.75) is 20.4 Å². The zero-order chi connectivity index (χ0) is 12.3. The summed E-state index contributed by atoms with van der Waals surface area (Å²) in [5.41, 5.74) is 1.36. The second kappa shape index (κ2) is 4.61. The number of aryl methyl sites for hydroxylation is 2. The number of nitrogens with zero attached hydrogens (tertiary/aromatic N) is 4. The van der Waals surface area contributed by atoms with Crippen LogP contribution in [0.2, 0.25) is 0 Å². The molecule has 0 aliphatic carbocycles. The topological polar surface area (TPSA) is 87.6 Å². The Kier molecular flexibility index (Phi) is 3.01. The molecule has 0 aliphatic rings. The predicted molar refractivity (Wildman–Crippen MR) is 60.1 cm³/mol. The summed E-state index contributed by atoms with van der Waals surface area (Å²) in [7, 11) is 0. The smallest absolute Gasteiger partial charge is 0.223 e. The zero-order valence-corrected chi connectivity index (χ0v) is 9.56. The summed E-state index contributed by atoms with van der Waals surface area (Å²) in [6, 6.07) is 5.49. The van der Waals surface area contributed by atoms with Crippen LogP contribution in [0, 0.1) is 25.2 Å². The van der Waals surface area contributed by atoms with Crippen LogP contribution in [-0.2, 0) is 6.54 Å². The van der Waals surface area contributed by atoms with Gasteiger partial charge in [0.05, 0.1) is 18.2 Å². The molecule has 17 heavy (non-hydrogen) atoms. The number of rotatable bonds is 3. The fourth-order valence-corrected chi connectivity index (χ4v) is 1.41. The molecule has 2 aromatic rings. The van der Waals surface area contributed by atoms with E-state index in [0.29, 0.717) is 29.6 Å². The number of aromatic nitrogens is 3. The molecule has 0 aliphatic heterocycles. The summed E-state index contributed by atoms with van der Waals surface area (Å²) >= 11 is 0. The first-order valence-corrected chi connectivity index (χ1v) is 5.09. The van der Waals surface area contributed by atoms with E-state index in [0.717, 1.165) is 5.69 Å². The van der Waals surface area contributed by atoms with Crippen molar-refractivity contribution in [2.24, 2.45) is 0 Å². The molecule has 0 spiro atoms. The number of hydrogen-bond donors (Lipinski definition) is 1. The number of nitriles is 1. The highest BCUT2D eigenvalue weighted by Crippen LogP contribution is 2.10. The molecule has 2 heterocycles. The van der Waals surface area contributed by atoms with Gasteiger partial charge >= 0.3 is 0 Å². The van der Waals surface area contributed by atoms with Crippen molar-refractivity contribution in [3.8, 4) is 6.07 Å². The maximum Gasteiger partial charge on any atom is 0.223 e. The van der Waals surface area contributed by atoms with Crippen LogP contribution >= 0.6 is 0 Å². The van der Waals surface area contributed by atoms with Gasteiger partial charge in [0.2, 0.25) is 5.89 Å². The second-order valence-corrected chi connectivity index (χ2v) is 3.58. The lowest BCUT2D eigenvalue weighted by Gasteiger charge is -2.04. The summed E-state index contributed by atoms with van der Waals surface area (Å²) in [5, 5.41) is 15.6. The molecule has 0 fully saturated rings. The number of nitrogens with one attached hydrogen (secondary N) is 1. The van der Waals surface area contributed by atoms with Crippen LogP contribution in [0.25, 0.3) is 0 Å². The summed E-state index contributed by atoms with van der Waals surface area (Å²) in [6.45, 7) is 3.98. The zero-order valence-electron chi connectivity index (χ0n) is 9.56. The molecule has 0 unspecified atom stereocenters. The normalized spacial score (nSPS) is 9.94. The Bertz CT molecular complexity index is 569. The summed E-state index contributed by atoms with van der Waals surface area (Å²) in [5.74, 6) is 1.71. The van der Waals surface area contributed by atoms with E-state index in [1.807, 2.05) is 6.92 Å². The van der Waals surface area contributed by atoms with Gasteiger partial charge in [-0.15, -0.1) is 0 Å². The highest BCUT2D eigenvalue weighted by molar-refractivity contribution is 5.44. The van der Waals surface area contributed by atoms with Crippen LogP contribution in [0.15, 0.2) is 16.7 Å². The predicted octanol–water partition coefficient (Wildman–Crippen LogP) is 1.57. The molecule has 0 bridgehead atoms. The Morgan fingerprint density at radius 2 is 2.18 bits per heavy atom. The van der Waals surface area contributed by atoms with E-state index in [2.05, 4.69) is 26.5 Å². The Morgan fingerprint density at radius 1 is 1.35 bits per heavy atom. The Labute approximate surface area is 98.3 Å². The molecule has 0 saturated carbocycles. The number of anilines is 1. The van der Waals surface area contributed by atoms with E-state index in [4.69, 9.17) is 9.78 Å². The minimum Gasteiger partial charge on any atom is -0.363 e. The fourth-order valence-electron chi connectivity index (χ4n) is 1.41. The van der Waals surface area contributed by atoms with E-state index >= 15 is 0 Å². The van der Waals surface area contributed by atoms with E-state index in [9.17, 15) is 0 Å². The second-order valence-electron chi connectivity index (χ2n) is 3.58. The third-order valence-electron chi connectivity index (χ3n) is 2.08. The molecule has 86 valence electrons. The van der Waals surface area contributed by atoms with Crippen molar-refractivity contribution >= 4 is 5.82 Å². The van der Waals surface area contributed by atoms with E-state index in [-0.39, 0.29) is 0 Å². The third-order valence-corrected chi connectivity index (χ3v) is 2.08. The van der Waals surface area contributed by atoms with Crippen LogP contribution in [0.5, 0.6) is 0 Å².